The summed E-state index contributed by atoms with van der Waals surface area (Å²) in [6.45, 7) is 1.54. The first-order valence-corrected chi connectivity index (χ1v) is 6.60. The molecule has 0 aromatic carbocycles. The van der Waals surface area contributed by atoms with E-state index in [2.05, 4.69) is 4.72 Å². The van der Waals surface area contributed by atoms with Crippen LogP contribution in [-0.4, -0.2) is 45.1 Å². The minimum Gasteiger partial charge on any atom is -0.341 e. The molecule has 14 heavy (non-hydrogen) atoms. The molecule has 1 saturated heterocycles. The summed E-state index contributed by atoms with van der Waals surface area (Å²) >= 11 is 0. The van der Waals surface area contributed by atoms with Crippen LogP contribution in [0.15, 0.2) is 0 Å². The number of sulfonamides is 1. The standard InChI is InChI=1S/C8H16N2O3S/c1-14(12,13)9-5-7-10-6-3-2-4-8(10)11/h9H,2-7H2,1H3. The average Bonchev–Trinajstić information content (AvgIpc) is 2.06. The van der Waals surface area contributed by atoms with Gasteiger partial charge in [-0.15, -0.1) is 0 Å². The van der Waals surface area contributed by atoms with Gasteiger partial charge in [0.15, 0.2) is 0 Å². The van der Waals surface area contributed by atoms with Crippen molar-refractivity contribution in [1.82, 2.24) is 9.62 Å². The van der Waals surface area contributed by atoms with E-state index in [1.807, 2.05) is 0 Å². The molecule has 82 valence electrons. The molecule has 1 N–H and O–H groups in total. The fourth-order valence-corrected chi connectivity index (χ4v) is 1.93. The summed E-state index contributed by atoms with van der Waals surface area (Å²) in [5, 5.41) is 0. The Kier molecular flexibility index (Phi) is 3.88. The first-order valence-electron chi connectivity index (χ1n) is 4.71. The Labute approximate surface area is 84.5 Å². The van der Waals surface area contributed by atoms with Crippen LogP contribution in [0.2, 0.25) is 0 Å². The van der Waals surface area contributed by atoms with Gasteiger partial charge in [0.25, 0.3) is 0 Å². The Morgan fingerprint density at radius 3 is 2.71 bits per heavy atom. The molecule has 0 bridgehead atoms. The molecule has 1 fully saturated rings. The Bertz CT molecular complexity index is 300. The second-order valence-electron chi connectivity index (χ2n) is 3.50. The third-order valence-corrected chi connectivity index (χ3v) is 2.90. The first kappa shape index (κ1) is 11.5. The molecule has 1 amide bonds. The topological polar surface area (TPSA) is 66.5 Å². The minimum absolute atomic E-state index is 0.131. The van der Waals surface area contributed by atoms with E-state index in [4.69, 9.17) is 0 Å². The van der Waals surface area contributed by atoms with Gasteiger partial charge in [-0.25, -0.2) is 13.1 Å². The molecular weight excluding hydrogens is 204 g/mol. The van der Waals surface area contributed by atoms with Crippen LogP contribution in [-0.2, 0) is 14.8 Å². The van der Waals surface area contributed by atoms with Crippen molar-refractivity contribution >= 4 is 15.9 Å². The maximum absolute atomic E-state index is 11.3. The molecular formula is C8H16N2O3S. The number of carbonyl (C=O) groups is 1. The summed E-state index contributed by atoms with van der Waals surface area (Å²) in [7, 11) is -3.13. The lowest BCUT2D eigenvalue weighted by molar-refractivity contribution is -0.133. The van der Waals surface area contributed by atoms with Crippen molar-refractivity contribution in [2.24, 2.45) is 0 Å². The van der Waals surface area contributed by atoms with Crippen LogP contribution in [0.4, 0.5) is 0 Å². The molecule has 1 rings (SSSR count). The zero-order chi connectivity index (χ0) is 10.6. The van der Waals surface area contributed by atoms with Crippen molar-refractivity contribution in [1.29, 1.82) is 0 Å². The van der Waals surface area contributed by atoms with Gasteiger partial charge < -0.3 is 4.90 Å². The molecule has 0 aromatic rings. The average molecular weight is 220 g/mol. The van der Waals surface area contributed by atoms with E-state index in [0.717, 1.165) is 25.6 Å². The van der Waals surface area contributed by atoms with Gasteiger partial charge in [-0.05, 0) is 12.8 Å². The zero-order valence-corrected chi connectivity index (χ0v) is 9.14. The van der Waals surface area contributed by atoms with E-state index in [1.165, 1.54) is 0 Å². The number of hydrogen-bond donors (Lipinski definition) is 1. The molecule has 0 spiro atoms. The van der Waals surface area contributed by atoms with Crippen LogP contribution in [0.5, 0.6) is 0 Å². The van der Waals surface area contributed by atoms with E-state index in [-0.39, 0.29) is 5.91 Å². The van der Waals surface area contributed by atoms with Crippen LogP contribution in [0.3, 0.4) is 0 Å². The molecule has 0 unspecified atom stereocenters. The largest absolute Gasteiger partial charge is 0.341 e. The quantitative estimate of drug-likeness (QED) is 0.697. The highest BCUT2D eigenvalue weighted by Crippen LogP contribution is 2.09. The number of amides is 1. The van der Waals surface area contributed by atoms with Crippen LogP contribution in [0.1, 0.15) is 19.3 Å². The van der Waals surface area contributed by atoms with Gasteiger partial charge in [0.05, 0.1) is 6.26 Å². The molecule has 1 aliphatic rings. The van der Waals surface area contributed by atoms with Gasteiger partial charge >= 0.3 is 0 Å². The van der Waals surface area contributed by atoms with Gasteiger partial charge in [0, 0.05) is 26.1 Å². The molecule has 1 heterocycles. The van der Waals surface area contributed by atoms with Crippen LogP contribution in [0, 0.1) is 0 Å². The predicted molar refractivity (Wildman–Crippen MR) is 53.3 cm³/mol. The van der Waals surface area contributed by atoms with E-state index >= 15 is 0 Å². The van der Waals surface area contributed by atoms with Gasteiger partial charge in [-0.1, -0.05) is 0 Å². The van der Waals surface area contributed by atoms with Crippen molar-refractivity contribution in [2.75, 3.05) is 25.9 Å². The SMILES string of the molecule is CS(=O)(=O)NCCN1CCCCC1=O. The molecule has 0 aromatic heterocycles. The second kappa shape index (κ2) is 4.75. The molecule has 6 heteroatoms. The summed E-state index contributed by atoms with van der Waals surface area (Å²) in [6, 6.07) is 0. The Balaban J connectivity index is 2.27. The Morgan fingerprint density at radius 1 is 1.43 bits per heavy atom. The Hall–Kier alpha value is -0.620. The molecule has 1 aliphatic heterocycles. The molecule has 0 aliphatic carbocycles. The van der Waals surface area contributed by atoms with Crippen molar-refractivity contribution in [3.05, 3.63) is 0 Å². The van der Waals surface area contributed by atoms with Crippen LogP contribution in [0.25, 0.3) is 0 Å². The van der Waals surface area contributed by atoms with Crippen molar-refractivity contribution in [2.45, 2.75) is 19.3 Å². The number of hydrogen-bond acceptors (Lipinski definition) is 3. The second-order valence-corrected chi connectivity index (χ2v) is 5.34. The summed E-state index contributed by atoms with van der Waals surface area (Å²) in [4.78, 5) is 13.0. The highest BCUT2D eigenvalue weighted by atomic mass is 32.2. The maximum Gasteiger partial charge on any atom is 0.222 e. The lowest BCUT2D eigenvalue weighted by atomic mass is 10.1. The number of nitrogens with zero attached hydrogens (tertiary/aromatic N) is 1. The van der Waals surface area contributed by atoms with Gasteiger partial charge in [-0.3, -0.25) is 4.79 Å². The zero-order valence-electron chi connectivity index (χ0n) is 8.32. The molecule has 0 radical (unpaired) electrons. The lowest BCUT2D eigenvalue weighted by Gasteiger charge is -2.26. The normalized spacial score (nSPS) is 18.6. The lowest BCUT2D eigenvalue weighted by Crippen LogP contribution is -2.40. The van der Waals surface area contributed by atoms with Gasteiger partial charge in [0.1, 0.15) is 0 Å². The fourth-order valence-electron chi connectivity index (χ4n) is 1.46. The van der Waals surface area contributed by atoms with E-state index in [9.17, 15) is 13.2 Å². The maximum atomic E-state index is 11.3. The fraction of sp³-hybridized carbons (Fsp3) is 0.875. The van der Waals surface area contributed by atoms with E-state index < -0.39 is 10.0 Å². The van der Waals surface area contributed by atoms with Gasteiger partial charge in [0.2, 0.25) is 15.9 Å². The van der Waals surface area contributed by atoms with Crippen LogP contribution >= 0.6 is 0 Å². The summed E-state index contributed by atoms with van der Waals surface area (Å²) in [5.74, 6) is 0.131. The number of likely N-dealkylation sites (tertiary alicyclic amines) is 1. The van der Waals surface area contributed by atoms with Crippen molar-refractivity contribution in [3.63, 3.8) is 0 Å². The monoisotopic (exact) mass is 220 g/mol. The molecule has 5 nitrogen and oxygen atoms in total. The Morgan fingerprint density at radius 2 is 2.14 bits per heavy atom. The van der Waals surface area contributed by atoms with Gasteiger partial charge in [-0.2, -0.15) is 0 Å². The van der Waals surface area contributed by atoms with E-state index in [1.54, 1.807) is 4.90 Å². The minimum atomic E-state index is -3.13. The highest BCUT2D eigenvalue weighted by Gasteiger charge is 2.17. The third kappa shape index (κ3) is 4.06. The van der Waals surface area contributed by atoms with Crippen molar-refractivity contribution < 1.29 is 13.2 Å². The summed E-state index contributed by atoms with van der Waals surface area (Å²) < 4.78 is 23.8. The first-order chi connectivity index (χ1) is 6.49. The number of nitrogens with one attached hydrogen (secondary N) is 1. The van der Waals surface area contributed by atoms with Crippen LogP contribution < -0.4 is 4.72 Å². The predicted octanol–water partition coefficient (Wildman–Crippen LogP) is -0.452. The smallest absolute Gasteiger partial charge is 0.222 e. The van der Waals surface area contributed by atoms with Crippen molar-refractivity contribution in [3.8, 4) is 0 Å². The highest BCUT2D eigenvalue weighted by molar-refractivity contribution is 7.88. The number of carbonyl (C=O) groups excluding carboxylic acids is 1. The van der Waals surface area contributed by atoms with E-state index in [0.29, 0.717) is 19.5 Å². The summed E-state index contributed by atoms with van der Waals surface area (Å²) in [5.41, 5.74) is 0. The molecule has 0 atom stereocenters. The third-order valence-electron chi connectivity index (χ3n) is 2.17. The number of piperidine rings is 1. The molecule has 0 saturated carbocycles. The number of rotatable bonds is 4. The summed E-state index contributed by atoms with van der Waals surface area (Å²) in [6.07, 6.45) is 3.68.